The zero-order valence-corrected chi connectivity index (χ0v) is 23.3. The minimum Gasteiger partial charge on any atom is -0.344 e. The number of carbonyl (C=O) groups excluding carboxylic acids is 3. The fourth-order valence-electron chi connectivity index (χ4n) is 4.34. The lowest BCUT2D eigenvalue weighted by Gasteiger charge is -2.23. The zero-order chi connectivity index (χ0) is 26.7. The van der Waals surface area contributed by atoms with Crippen LogP contribution in [0.4, 0.5) is 0 Å². The molecule has 12 heteroatoms. The van der Waals surface area contributed by atoms with E-state index in [0.717, 1.165) is 13.7 Å². The number of thiophene rings is 2. The van der Waals surface area contributed by atoms with Crippen molar-refractivity contribution in [2.75, 3.05) is 13.1 Å². The molecule has 9 nitrogen and oxygen atoms in total. The Labute approximate surface area is 224 Å². The van der Waals surface area contributed by atoms with Crippen LogP contribution < -0.4 is 10.6 Å². The van der Waals surface area contributed by atoms with Crippen molar-refractivity contribution in [1.82, 2.24) is 19.9 Å². The number of nitrogens with zero attached hydrogens (tertiary/aromatic N) is 2. The standard InChI is InChI=1S/C25H30N4O5S3/c1-15(2)10-18(28-25(32)22-12-21-20(36-22)7-9-35-21)24(31)27-17-11-16(3)13-29(14-19(17)30)37(33,34)23-6-4-5-8-26-23/h4-9,12,15-18H,10-11,13-14H2,1-3H3,(H,27,31)(H,28,32)/t16?,17-,18?/m0/s1. The Morgan fingerprint density at radius 1 is 1.22 bits per heavy atom. The Morgan fingerprint density at radius 3 is 2.68 bits per heavy atom. The number of hydrogen-bond acceptors (Lipinski definition) is 8. The molecule has 3 aromatic rings. The third kappa shape index (κ3) is 6.43. The van der Waals surface area contributed by atoms with Gasteiger partial charge in [0, 0.05) is 22.1 Å². The molecule has 3 aromatic heterocycles. The Hall–Kier alpha value is -2.67. The molecule has 1 fully saturated rings. The van der Waals surface area contributed by atoms with Gasteiger partial charge in [-0.15, -0.1) is 22.7 Å². The van der Waals surface area contributed by atoms with E-state index >= 15 is 0 Å². The third-order valence-electron chi connectivity index (χ3n) is 6.12. The van der Waals surface area contributed by atoms with E-state index in [0.29, 0.717) is 17.7 Å². The molecular weight excluding hydrogens is 532 g/mol. The van der Waals surface area contributed by atoms with Gasteiger partial charge in [0.2, 0.25) is 5.91 Å². The van der Waals surface area contributed by atoms with Crippen molar-refractivity contribution in [3.63, 3.8) is 0 Å². The van der Waals surface area contributed by atoms with Gasteiger partial charge in [-0.2, -0.15) is 4.31 Å². The van der Waals surface area contributed by atoms with Crippen molar-refractivity contribution in [3.05, 3.63) is 46.8 Å². The maximum atomic E-state index is 13.3. The van der Waals surface area contributed by atoms with Crippen molar-refractivity contribution in [1.29, 1.82) is 0 Å². The molecule has 0 spiro atoms. The Balaban J connectivity index is 1.46. The van der Waals surface area contributed by atoms with E-state index in [1.807, 2.05) is 38.3 Å². The number of fused-ring (bicyclic) bond motifs is 1. The molecule has 1 saturated heterocycles. The Bertz CT molecular complexity index is 1350. The van der Waals surface area contributed by atoms with Gasteiger partial charge in [-0.3, -0.25) is 14.4 Å². The first-order chi connectivity index (χ1) is 17.5. The summed E-state index contributed by atoms with van der Waals surface area (Å²) in [5.74, 6) is -1.25. The van der Waals surface area contributed by atoms with Crippen molar-refractivity contribution in [2.24, 2.45) is 11.8 Å². The van der Waals surface area contributed by atoms with E-state index in [9.17, 15) is 22.8 Å². The highest BCUT2D eigenvalue weighted by atomic mass is 32.2. The molecule has 2 unspecified atom stereocenters. The van der Waals surface area contributed by atoms with Crippen LogP contribution in [0.5, 0.6) is 0 Å². The largest absolute Gasteiger partial charge is 0.344 e. The van der Waals surface area contributed by atoms with Gasteiger partial charge in [0.15, 0.2) is 10.8 Å². The molecule has 2 N–H and O–H groups in total. The van der Waals surface area contributed by atoms with Gasteiger partial charge >= 0.3 is 0 Å². The number of ketones is 1. The average Bonchev–Trinajstić information content (AvgIpc) is 3.42. The van der Waals surface area contributed by atoms with E-state index < -0.39 is 33.8 Å². The fourth-order valence-corrected chi connectivity index (χ4v) is 7.81. The lowest BCUT2D eigenvalue weighted by atomic mass is 9.98. The zero-order valence-electron chi connectivity index (χ0n) is 20.8. The van der Waals surface area contributed by atoms with Crippen molar-refractivity contribution in [2.45, 2.75) is 50.7 Å². The summed E-state index contributed by atoms with van der Waals surface area (Å²) in [6.45, 7) is 5.52. The van der Waals surface area contributed by atoms with Crippen LogP contribution in [0.1, 0.15) is 43.3 Å². The first-order valence-electron chi connectivity index (χ1n) is 12.1. The Morgan fingerprint density at radius 2 is 2.00 bits per heavy atom. The molecule has 0 bridgehead atoms. The van der Waals surface area contributed by atoms with Gasteiger partial charge in [0.05, 0.1) is 17.5 Å². The number of amides is 2. The van der Waals surface area contributed by atoms with Gasteiger partial charge in [-0.25, -0.2) is 13.4 Å². The van der Waals surface area contributed by atoms with Crippen molar-refractivity contribution >= 4 is 59.7 Å². The molecular formula is C25H30N4O5S3. The number of carbonyl (C=O) groups is 3. The second-order valence-corrected chi connectivity index (χ2v) is 13.7. The number of Topliss-reactive ketones (excluding diaryl/α,β-unsaturated/α-hetero) is 1. The van der Waals surface area contributed by atoms with E-state index in [1.165, 1.54) is 23.6 Å². The molecule has 0 aromatic carbocycles. The molecule has 0 saturated carbocycles. The number of nitrogens with one attached hydrogen (secondary N) is 2. The molecule has 1 aliphatic heterocycles. The fraction of sp³-hybridized carbons (Fsp3) is 0.440. The van der Waals surface area contributed by atoms with Crippen LogP contribution in [0.25, 0.3) is 9.40 Å². The lowest BCUT2D eigenvalue weighted by molar-refractivity contribution is -0.129. The summed E-state index contributed by atoms with van der Waals surface area (Å²) in [6, 6.07) is 6.68. The molecule has 0 radical (unpaired) electrons. The topological polar surface area (TPSA) is 126 Å². The SMILES string of the molecule is CC(C)CC(NC(=O)c1cc2sccc2s1)C(=O)N[C@H]1CC(C)CN(S(=O)(=O)c2ccccn2)CC1=O. The summed E-state index contributed by atoms with van der Waals surface area (Å²) < 4.78 is 29.3. The number of aromatic nitrogens is 1. The molecule has 4 heterocycles. The minimum atomic E-state index is -3.95. The predicted octanol–water partition coefficient (Wildman–Crippen LogP) is 3.29. The first kappa shape index (κ1) is 27.4. The van der Waals surface area contributed by atoms with Crippen LogP contribution >= 0.6 is 22.7 Å². The highest BCUT2D eigenvalue weighted by Gasteiger charge is 2.37. The molecule has 3 atom stereocenters. The first-order valence-corrected chi connectivity index (χ1v) is 15.2. The van der Waals surface area contributed by atoms with Gasteiger partial charge in [-0.1, -0.05) is 26.8 Å². The van der Waals surface area contributed by atoms with Gasteiger partial charge in [0.1, 0.15) is 6.04 Å². The van der Waals surface area contributed by atoms with Crippen molar-refractivity contribution in [3.8, 4) is 0 Å². The minimum absolute atomic E-state index is 0.116. The normalized spacial score (nSPS) is 20.1. The summed E-state index contributed by atoms with van der Waals surface area (Å²) >= 11 is 2.92. The second-order valence-electron chi connectivity index (χ2n) is 9.75. The summed E-state index contributed by atoms with van der Waals surface area (Å²) in [5.41, 5.74) is 0. The molecule has 0 aliphatic carbocycles. The number of pyridine rings is 1. The average molecular weight is 563 g/mol. The summed E-state index contributed by atoms with van der Waals surface area (Å²) in [6.07, 6.45) is 2.08. The molecule has 2 amide bonds. The smallest absolute Gasteiger partial charge is 0.262 e. The summed E-state index contributed by atoms with van der Waals surface area (Å²) in [4.78, 5) is 43.8. The molecule has 37 heavy (non-hydrogen) atoms. The predicted molar refractivity (Wildman–Crippen MR) is 144 cm³/mol. The maximum Gasteiger partial charge on any atom is 0.262 e. The lowest BCUT2D eigenvalue weighted by Crippen LogP contribution is -2.52. The highest BCUT2D eigenvalue weighted by Crippen LogP contribution is 2.30. The van der Waals surface area contributed by atoms with Crippen LogP contribution in [0.3, 0.4) is 0 Å². The van der Waals surface area contributed by atoms with E-state index in [-0.39, 0.29) is 35.9 Å². The highest BCUT2D eigenvalue weighted by molar-refractivity contribution is 7.89. The summed E-state index contributed by atoms with van der Waals surface area (Å²) in [5, 5.41) is 7.48. The molecule has 1 aliphatic rings. The van der Waals surface area contributed by atoms with E-state index in [2.05, 4.69) is 15.6 Å². The Kier molecular flexibility index (Phi) is 8.42. The third-order valence-corrected chi connectivity index (χ3v) is 9.94. The monoisotopic (exact) mass is 562 g/mol. The molecule has 4 rings (SSSR count). The van der Waals surface area contributed by atoms with Crippen molar-refractivity contribution < 1.29 is 22.8 Å². The van der Waals surface area contributed by atoms with Gasteiger partial charge in [-0.05, 0) is 54.3 Å². The maximum absolute atomic E-state index is 13.3. The number of sulfonamides is 1. The van der Waals surface area contributed by atoms with Gasteiger partial charge in [0.25, 0.3) is 15.9 Å². The van der Waals surface area contributed by atoms with Gasteiger partial charge < -0.3 is 10.6 Å². The quantitative estimate of drug-likeness (QED) is 0.434. The van der Waals surface area contributed by atoms with Crippen LogP contribution in [-0.2, 0) is 19.6 Å². The number of hydrogen-bond donors (Lipinski definition) is 2. The van der Waals surface area contributed by atoms with Crippen LogP contribution in [0.15, 0.2) is 46.9 Å². The van der Waals surface area contributed by atoms with E-state index in [1.54, 1.807) is 23.5 Å². The van der Waals surface area contributed by atoms with Crippen LogP contribution in [-0.4, -0.2) is 60.5 Å². The number of rotatable bonds is 8. The summed E-state index contributed by atoms with van der Waals surface area (Å²) in [7, 11) is -3.95. The second kappa shape index (κ2) is 11.4. The molecule has 198 valence electrons. The van der Waals surface area contributed by atoms with Crippen LogP contribution in [0.2, 0.25) is 0 Å². The van der Waals surface area contributed by atoms with E-state index in [4.69, 9.17) is 0 Å². The van der Waals surface area contributed by atoms with Crippen LogP contribution in [0, 0.1) is 11.8 Å².